The van der Waals surface area contributed by atoms with E-state index in [0.717, 1.165) is 36.1 Å². The summed E-state index contributed by atoms with van der Waals surface area (Å²) in [7, 11) is 1.60. The Balaban J connectivity index is 1.53. The summed E-state index contributed by atoms with van der Waals surface area (Å²) in [6.07, 6.45) is 3.45. The zero-order valence-electron chi connectivity index (χ0n) is 17.1. The van der Waals surface area contributed by atoms with E-state index < -0.39 is 0 Å². The van der Waals surface area contributed by atoms with E-state index in [2.05, 4.69) is 0 Å². The van der Waals surface area contributed by atoms with Crippen LogP contribution in [0.4, 0.5) is 0 Å². The molecule has 1 aromatic carbocycles. The van der Waals surface area contributed by atoms with E-state index in [1.807, 2.05) is 41.8 Å². The lowest BCUT2D eigenvalue weighted by Crippen LogP contribution is -2.42. The van der Waals surface area contributed by atoms with Crippen LogP contribution in [0.2, 0.25) is 0 Å². The van der Waals surface area contributed by atoms with Gasteiger partial charge in [0.15, 0.2) is 0 Å². The number of nitrogens with zero attached hydrogens (tertiary/aromatic N) is 2. The molecule has 2 fully saturated rings. The number of thiophene rings is 1. The molecular weight excluding hydrogens is 400 g/mol. The van der Waals surface area contributed by atoms with Gasteiger partial charge in [0.05, 0.1) is 25.5 Å². The number of fused-ring (bicyclic) bond motifs is 1. The van der Waals surface area contributed by atoms with Gasteiger partial charge in [0.2, 0.25) is 17.7 Å². The maximum absolute atomic E-state index is 13.3. The third-order valence-electron chi connectivity index (χ3n) is 6.06. The molecule has 1 saturated heterocycles. The molecule has 1 saturated carbocycles. The molecule has 4 rings (SSSR count). The molecule has 7 heteroatoms. The molecule has 30 heavy (non-hydrogen) atoms. The van der Waals surface area contributed by atoms with Gasteiger partial charge in [-0.15, -0.1) is 11.3 Å². The largest absolute Gasteiger partial charge is 0.496 e. The molecule has 2 heterocycles. The van der Waals surface area contributed by atoms with Crippen LogP contribution in [0.25, 0.3) is 0 Å². The number of likely N-dealkylation sites (tertiary alicyclic amines) is 1. The topological polar surface area (TPSA) is 66.9 Å². The second-order valence-electron chi connectivity index (χ2n) is 7.90. The van der Waals surface area contributed by atoms with Crippen LogP contribution >= 0.6 is 11.3 Å². The molecule has 158 valence electrons. The van der Waals surface area contributed by atoms with Crippen LogP contribution in [-0.4, -0.2) is 41.2 Å². The van der Waals surface area contributed by atoms with Gasteiger partial charge in [-0.1, -0.05) is 37.1 Å². The highest BCUT2D eigenvalue weighted by molar-refractivity contribution is 7.09. The molecule has 6 nitrogen and oxygen atoms in total. The van der Waals surface area contributed by atoms with Crippen molar-refractivity contribution >= 4 is 29.1 Å². The summed E-state index contributed by atoms with van der Waals surface area (Å²) in [5.41, 5.74) is 0.887. The number of methoxy groups -OCH3 is 1. The standard InChI is InChI=1S/C23H26N2O4S/c1-29-20-11-5-2-7-16(20)13-24(14-17-8-6-12-30-17)21(26)15-25-22(27)18-9-3-4-10-19(18)23(25)28/h2,5-8,11-12,18-19H,3-4,9-10,13-15H2,1H3/t18-,19-/m1/s1. The molecule has 2 atom stereocenters. The number of para-hydroxylation sites is 1. The van der Waals surface area contributed by atoms with E-state index in [4.69, 9.17) is 4.74 Å². The average Bonchev–Trinajstić information content (AvgIpc) is 3.36. The fraction of sp³-hybridized carbons (Fsp3) is 0.435. The number of carbonyl (C=O) groups excluding carboxylic acids is 3. The predicted molar refractivity (Wildman–Crippen MR) is 114 cm³/mol. The highest BCUT2D eigenvalue weighted by atomic mass is 32.1. The lowest BCUT2D eigenvalue weighted by Gasteiger charge is -2.25. The zero-order valence-corrected chi connectivity index (χ0v) is 17.9. The molecular formula is C23H26N2O4S. The van der Waals surface area contributed by atoms with Gasteiger partial charge in [-0.25, -0.2) is 0 Å². The van der Waals surface area contributed by atoms with Crippen LogP contribution < -0.4 is 4.74 Å². The number of carbonyl (C=O) groups is 3. The fourth-order valence-electron chi connectivity index (χ4n) is 4.48. The Labute approximate surface area is 180 Å². The van der Waals surface area contributed by atoms with Gasteiger partial charge >= 0.3 is 0 Å². The van der Waals surface area contributed by atoms with Gasteiger partial charge in [0.1, 0.15) is 12.3 Å². The predicted octanol–water partition coefficient (Wildman–Crippen LogP) is 3.46. The van der Waals surface area contributed by atoms with Gasteiger partial charge in [-0.05, 0) is 30.4 Å². The van der Waals surface area contributed by atoms with E-state index >= 15 is 0 Å². The molecule has 1 aliphatic heterocycles. The van der Waals surface area contributed by atoms with Crippen molar-refractivity contribution in [3.8, 4) is 5.75 Å². The van der Waals surface area contributed by atoms with Crippen LogP contribution in [0.1, 0.15) is 36.1 Å². The highest BCUT2D eigenvalue weighted by Gasteiger charge is 2.48. The Kier molecular flexibility index (Phi) is 6.18. The number of imide groups is 1. The first-order valence-corrected chi connectivity index (χ1v) is 11.2. The highest BCUT2D eigenvalue weighted by Crippen LogP contribution is 2.38. The summed E-state index contributed by atoms with van der Waals surface area (Å²) in [5.74, 6) is -0.341. The zero-order chi connectivity index (χ0) is 21.1. The van der Waals surface area contributed by atoms with E-state index in [1.165, 1.54) is 4.90 Å². The Morgan fingerprint density at radius 1 is 1.07 bits per heavy atom. The van der Waals surface area contributed by atoms with Crippen molar-refractivity contribution in [2.75, 3.05) is 13.7 Å². The number of ether oxygens (including phenoxy) is 1. The molecule has 2 aromatic rings. The Hall–Kier alpha value is -2.67. The number of rotatable bonds is 7. The maximum atomic E-state index is 13.3. The summed E-state index contributed by atoms with van der Waals surface area (Å²) in [6.45, 7) is 0.590. The Morgan fingerprint density at radius 2 is 1.77 bits per heavy atom. The van der Waals surface area contributed by atoms with Crippen LogP contribution in [0.15, 0.2) is 41.8 Å². The van der Waals surface area contributed by atoms with E-state index in [9.17, 15) is 14.4 Å². The second-order valence-corrected chi connectivity index (χ2v) is 8.93. The maximum Gasteiger partial charge on any atom is 0.243 e. The summed E-state index contributed by atoms with van der Waals surface area (Å²) in [6, 6.07) is 11.5. The molecule has 1 aromatic heterocycles. The number of hydrogen-bond donors (Lipinski definition) is 0. The lowest BCUT2D eigenvalue weighted by molar-refractivity contribution is -0.147. The molecule has 0 unspecified atom stereocenters. The van der Waals surface area contributed by atoms with Crippen LogP contribution in [0.3, 0.4) is 0 Å². The first-order chi connectivity index (χ1) is 14.6. The van der Waals surface area contributed by atoms with E-state index in [-0.39, 0.29) is 36.1 Å². The summed E-state index contributed by atoms with van der Waals surface area (Å²) >= 11 is 1.58. The van der Waals surface area contributed by atoms with Crippen molar-refractivity contribution < 1.29 is 19.1 Å². The van der Waals surface area contributed by atoms with E-state index in [0.29, 0.717) is 18.8 Å². The summed E-state index contributed by atoms with van der Waals surface area (Å²) in [4.78, 5) is 42.8. The molecule has 2 aliphatic rings. The number of hydrogen-bond acceptors (Lipinski definition) is 5. The quantitative estimate of drug-likeness (QED) is 0.636. The average molecular weight is 427 g/mol. The van der Waals surface area contributed by atoms with Crippen molar-refractivity contribution in [1.29, 1.82) is 0 Å². The minimum absolute atomic E-state index is 0.175. The molecule has 1 aliphatic carbocycles. The third kappa shape index (κ3) is 4.12. The molecule has 0 bridgehead atoms. The third-order valence-corrected chi connectivity index (χ3v) is 6.92. The minimum Gasteiger partial charge on any atom is -0.496 e. The molecule has 0 radical (unpaired) electrons. The monoisotopic (exact) mass is 426 g/mol. The van der Waals surface area contributed by atoms with E-state index in [1.54, 1.807) is 23.3 Å². The van der Waals surface area contributed by atoms with Crippen LogP contribution in [-0.2, 0) is 27.5 Å². The van der Waals surface area contributed by atoms with Crippen molar-refractivity contribution in [2.24, 2.45) is 11.8 Å². The van der Waals surface area contributed by atoms with Crippen LogP contribution in [0, 0.1) is 11.8 Å². The van der Waals surface area contributed by atoms with Crippen molar-refractivity contribution in [2.45, 2.75) is 38.8 Å². The van der Waals surface area contributed by atoms with Crippen molar-refractivity contribution in [3.63, 3.8) is 0 Å². The summed E-state index contributed by atoms with van der Waals surface area (Å²) < 4.78 is 5.44. The van der Waals surface area contributed by atoms with Crippen LogP contribution in [0.5, 0.6) is 5.75 Å². The molecule has 3 amide bonds. The normalized spacial score (nSPS) is 20.9. The smallest absolute Gasteiger partial charge is 0.243 e. The van der Waals surface area contributed by atoms with Gasteiger partial charge in [-0.2, -0.15) is 0 Å². The molecule has 0 N–H and O–H groups in total. The number of benzene rings is 1. The Morgan fingerprint density at radius 3 is 2.40 bits per heavy atom. The van der Waals surface area contributed by atoms with Crippen molar-refractivity contribution in [3.05, 3.63) is 52.2 Å². The SMILES string of the molecule is COc1ccccc1CN(Cc1cccs1)C(=O)CN1C(=O)[C@@H]2CCCC[C@H]2C1=O. The van der Waals surface area contributed by atoms with Gasteiger partial charge < -0.3 is 9.64 Å². The first kappa shape index (κ1) is 20.6. The molecule has 0 spiro atoms. The lowest BCUT2D eigenvalue weighted by atomic mass is 9.81. The second kappa shape index (κ2) is 9.00. The van der Waals surface area contributed by atoms with Gasteiger partial charge in [0, 0.05) is 17.0 Å². The number of amides is 3. The Bertz CT molecular complexity index is 903. The van der Waals surface area contributed by atoms with Crippen molar-refractivity contribution in [1.82, 2.24) is 9.80 Å². The fourth-order valence-corrected chi connectivity index (χ4v) is 5.20. The minimum atomic E-state index is -0.237. The summed E-state index contributed by atoms with van der Waals surface area (Å²) in [5, 5.41) is 1.97. The van der Waals surface area contributed by atoms with Gasteiger partial charge in [-0.3, -0.25) is 19.3 Å². The van der Waals surface area contributed by atoms with Gasteiger partial charge in [0.25, 0.3) is 0 Å². The first-order valence-electron chi connectivity index (χ1n) is 10.4.